The fourth-order valence-electron chi connectivity index (χ4n) is 1.76. The number of hydrogen-bond acceptors (Lipinski definition) is 5. The Bertz CT molecular complexity index is 817. The van der Waals surface area contributed by atoms with Gasteiger partial charge in [-0.2, -0.15) is 0 Å². The first kappa shape index (κ1) is 16.9. The molecule has 0 unspecified atom stereocenters. The van der Waals surface area contributed by atoms with Gasteiger partial charge >= 0.3 is 0 Å². The normalized spacial score (nSPS) is 14.0. The van der Waals surface area contributed by atoms with Crippen LogP contribution in [0.4, 0.5) is 5.69 Å². The summed E-state index contributed by atoms with van der Waals surface area (Å²) < 4.78 is 23.8. The van der Waals surface area contributed by atoms with Gasteiger partial charge in [0.25, 0.3) is 0 Å². The van der Waals surface area contributed by atoms with Crippen molar-refractivity contribution in [2.45, 2.75) is 38.4 Å². The molecule has 0 aliphatic heterocycles. The zero-order valence-corrected chi connectivity index (χ0v) is 14.9. The van der Waals surface area contributed by atoms with Crippen molar-refractivity contribution in [3.63, 3.8) is 0 Å². The molecule has 0 aliphatic carbocycles. The van der Waals surface area contributed by atoms with Gasteiger partial charge in [0.05, 0.1) is 15.2 Å². The van der Waals surface area contributed by atoms with Crippen molar-refractivity contribution in [2.24, 2.45) is 0 Å². The van der Waals surface area contributed by atoms with Crippen LogP contribution in [0, 0.1) is 0 Å². The highest BCUT2D eigenvalue weighted by molar-refractivity contribution is 7.92. The molecule has 0 spiro atoms. The highest BCUT2D eigenvalue weighted by Crippen LogP contribution is 2.32. The topological polar surface area (TPSA) is 76.1 Å². The quantitative estimate of drug-likeness (QED) is 0.932. The van der Waals surface area contributed by atoms with Gasteiger partial charge < -0.3 is 5.32 Å². The maximum atomic E-state index is 12.0. The van der Waals surface area contributed by atoms with Crippen LogP contribution in [-0.2, 0) is 20.0 Å². The lowest BCUT2D eigenvalue weighted by Gasteiger charge is -2.13. The van der Waals surface area contributed by atoms with E-state index in [1.807, 2.05) is 12.1 Å². The van der Waals surface area contributed by atoms with E-state index in [2.05, 4.69) is 31.1 Å². The monoisotopic (exact) mass is 340 g/mol. The summed E-state index contributed by atoms with van der Waals surface area (Å²) in [5.41, 5.74) is 1.43. The lowest BCUT2D eigenvalue weighted by atomic mass is 9.98. The Labute approximate surface area is 134 Å². The second-order valence-corrected chi connectivity index (χ2v) is 9.81. The van der Waals surface area contributed by atoms with Gasteiger partial charge in [0.2, 0.25) is 5.91 Å². The molecule has 120 valence electrons. The summed E-state index contributed by atoms with van der Waals surface area (Å²) in [5, 5.41) is 2.60. The highest BCUT2D eigenvalue weighted by Gasteiger charge is 2.24. The van der Waals surface area contributed by atoms with Gasteiger partial charge in [-0.25, -0.2) is 13.4 Å². The summed E-state index contributed by atoms with van der Waals surface area (Å²) in [5.74, 6) is -0.526. The molecule has 0 bridgehead atoms. The van der Waals surface area contributed by atoms with Gasteiger partial charge in [-0.15, -0.1) is 11.3 Å². The van der Waals surface area contributed by atoms with E-state index < -0.39 is 21.0 Å². The van der Waals surface area contributed by atoms with E-state index in [9.17, 15) is 13.2 Å². The second kappa shape index (κ2) is 5.62. The molecule has 1 aromatic heterocycles. The van der Waals surface area contributed by atoms with Crippen LogP contribution in [0.25, 0.3) is 10.2 Å². The van der Waals surface area contributed by atoms with Crippen LogP contribution in [0.3, 0.4) is 0 Å². The number of amides is 1. The molecule has 0 aliphatic rings. The molecular weight excluding hydrogens is 320 g/mol. The Hall–Kier alpha value is -1.47. The average Bonchev–Trinajstić information content (AvgIpc) is 2.79. The first-order valence-electron chi connectivity index (χ1n) is 6.89. The Morgan fingerprint density at radius 2 is 1.95 bits per heavy atom. The van der Waals surface area contributed by atoms with Crippen LogP contribution in [0.5, 0.6) is 0 Å². The number of nitrogens with one attached hydrogen (secondary N) is 1. The lowest BCUT2D eigenvalue weighted by molar-refractivity contribution is -0.115. The number of carbonyl (C=O) groups is 1. The smallest absolute Gasteiger partial charge is 0.242 e. The van der Waals surface area contributed by atoms with Gasteiger partial charge in [-0.05, 0) is 25.1 Å². The van der Waals surface area contributed by atoms with Crippen LogP contribution in [0.2, 0.25) is 0 Å². The molecule has 1 aromatic carbocycles. The van der Waals surface area contributed by atoms with Gasteiger partial charge in [-0.3, -0.25) is 4.79 Å². The van der Waals surface area contributed by atoms with E-state index >= 15 is 0 Å². The number of fused-ring (bicyclic) bond motifs is 1. The molecule has 7 heteroatoms. The van der Waals surface area contributed by atoms with E-state index in [4.69, 9.17) is 0 Å². The molecule has 0 radical (unpaired) electrons. The summed E-state index contributed by atoms with van der Waals surface area (Å²) in [6, 6.07) is 5.40. The minimum Gasteiger partial charge on any atom is -0.325 e. The van der Waals surface area contributed by atoms with Crippen molar-refractivity contribution in [3.05, 3.63) is 23.2 Å². The first-order chi connectivity index (χ1) is 9.98. The van der Waals surface area contributed by atoms with E-state index in [0.717, 1.165) is 21.5 Å². The third-order valence-electron chi connectivity index (χ3n) is 3.31. The largest absolute Gasteiger partial charge is 0.325 e. The van der Waals surface area contributed by atoms with Crippen molar-refractivity contribution < 1.29 is 13.2 Å². The average molecular weight is 340 g/mol. The molecule has 5 nitrogen and oxygen atoms in total. The van der Waals surface area contributed by atoms with Gasteiger partial charge in [0, 0.05) is 17.4 Å². The number of benzene rings is 1. The van der Waals surface area contributed by atoms with E-state index in [1.54, 1.807) is 17.4 Å². The van der Waals surface area contributed by atoms with Gasteiger partial charge in [0.15, 0.2) is 9.84 Å². The van der Waals surface area contributed by atoms with Crippen LogP contribution >= 0.6 is 11.3 Å². The maximum Gasteiger partial charge on any atom is 0.242 e. The first-order valence-corrected chi connectivity index (χ1v) is 9.66. The van der Waals surface area contributed by atoms with Crippen LogP contribution in [0.1, 0.15) is 32.7 Å². The third-order valence-corrected chi connectivity index (χ3v) is 6.25. The molecule has 0 saturated carbocycles. The number of thiazole rings is 1. The second-order valence-electron chi connectivity index (χ2n) is 6.41. The van der Waals surface area contributed by atoms with Gasteiger partial charge in [-0.1, -0.05) is 20.8 Å². The fraction of sp³-hybridized carbons (Fsp3) is 0.467. The van der Waals surface area contributed by atoms with Crippen molar-refractivity contribution in [2.75, 3.05) is 11.6 Å². The zero-order chi connectivity index (χ0) is 16.7. The van der Waals surface area contributed by atoms with E-state index in [1.165, 1.54) is 6.92 Å². The summed E-state index contributed by atoms with van der Waals surface area (Å²) in [4.78, 5) is 16.5. The summed E-state index contributed by atoms with van der Waals surface area (Å²) >= 11 is 1.58. The van der Waals surface area contributed by atoms with E-state index in [0.29, 0.717) is 5.69 Å². The highest BCUT2D eigenvalue weighted by atomic mass is 32.2. The third kappa shape index (κ3) is 3.64. The molecule has 2 aromatic rings. The lowest BCUT2D eigenvalue weighted by Crippen LogP contribution is -2.31. The van der Waals surface area contributed by atoms with Crippen molar-refractivity contribution in [3.8, 4) is 0 Å². The Balaban J connectivity index is 2.29. The number of nitrogens with zero attached hydrogens (tertiary/aromatic N) is 1. The van der Waals surface area contributed by atoms with E-state index in [-0.39, 0.29) is 5.41 Å². The predicted molar refractivity (Wildman–Crippen MR) is 91.3 cm³/mol. The number of aromatic nitrogens is 1. The van der Waals surface area contributed by atoms with Crippen molar-refractivity contribution in [1.82, 2.24) is 4.98 Å². The van der Waals surface area contributed by atoms with Crippen LogP contribution in [0.15, 0.2) is 18.2 Å². The predicted octanol–water partition coefficient (Wildman–Crippen LogP) is 2.97. The Morgan fingerprint density at radius 3 is 2.50 bits per heavy atom. The Kier molecular flexibility index (Phi) is 4.32. The molecule has 1 atom stereocenters. The SMILES string of the molecule is C[C@@H](C(=O)Nc1ccc2nc(C(C)(C)C)sc2c1)S(C)(=O)=O. The molecular formula is C15H20N2O3S2. The summed E-state index contributed by atoms with van der Waals surface area (Å²) in [6.45, 7) is 7.68. The summed E-state index contributed by atoms with van der Waals surface area (Å²) in [6.07, 6.45) is 1.05. The number of rotatable bonds is 3. The molecule has 2 rings (SSSR count). The number of hydrogen-bond donors (Lipinski definition) is 1. The number of anilines is 1. The molecule has 22 heavy (non-hydrogen) atoms. The van der Waals surface area contributed by atoms with Gasteiger partial charge in [0.1, 0.15) is 5.25 Å². The summed E-state index contributed by atoms with van der Waals surface area (Å²) in [7, 11) is -3.40. The Morgan fingerprint density at radius 1 is 1.32 bits per heavy atom. The van der Waals surface area contributed by atoms with Crippen LogP contribution in [-0.4, -0.2) is 30.8 Å². The minimum atomic E-state index is -3.40. The standard InChI is InChI=1S/C15H20N2O3S2/c1-9(22(5,19)20)13(18)16-10-6-7-11-12(8-10)21-14(17-11)15(2,3)4/h6-9H,1-5H3,(H,16,18)/t9-/m0/s1. The minimum absolute atomic E-state index is 0.0299. The molecule has 0 fully saturated rings. The van der Waals surface area contributed by atoms with Crippen LogP contribution < -0.4 is 5.32 Å². The molecule has 1 amide bonds. The van der Waals surface area contributed by atoms with Crippen molar-refractivity contribution >= 4 is 43.0 Å². The zero-order valence-electron chi connectivity index (χ0n) is 13.3. The van der Waals surface area contributed by atoms with Crippen molar-refractivity contribution in [1.29, 1.82) is 0 Å². The fourth-order valence-corrected chi connectivity index (χ4v) is 3.27. The number of carbonyl (C=O) groups excluding carboxylic acids is 1. The molecule has 1 N–H and O–H groups in total. The molecule has 0 saturated heterocycles. The number of sulfone groups is 1. The molecule has 1 heterocycles. The maximum absolute atomic E-state index is 12.0.